The van der Waals surface area contributed by atoms with Crippen molar-refractivity contribution in [3.05, 3.63) is 0 Å². The highest BCUT2D eigenvalue weighted by Crippen LogP contribution is 2.37. The molecule has 4 N–H and O–H groups in total. The third-order valence-electron chi connectivity index (χ3n) is 3.16. The molecule has 0 spiro atoms. The Labute approximate surface area is 84.8 Å². The third kappa shape index (κ3) is 2.28. The Kier molecular flexibility index (Phi) is 3.95. The maximum Gasteiger partial charge on any atom is 0.323 e. The number of carbonyl (C=O) groups is 1. The molecule has 1 aliphatic carbocycles. The van der Waals surface area contributed by atoms with E-state index in [0.29, 0.717) is 12.7 Å². The minimum absolute atomic E-state index is 0.0694. The molecule has 0 bridgehead atoms. The number of hydrogen-bond donors (Lipinski definition) is 3. The van der Waals surface area contributed by atoms with Crippen LogP contribution < -0.4 is 5.73 Å². The van der Waals surface area contributed by atoms with Crippen LogP contribution in [-0.4, -0.2) is 29.1 Å². The first kappa shape index (κ1) is 11.5. The van der Waals surface area contributed by atoms with Crippen LogP contribution >= 0.6 is 0 Å². The predicted molar refractivity (Wildman–Crippen MR) is 53.9 cm³/mol. The predicted octanol–water partition coefficient (Wildman–Crippen LogP) is 0.379. The van der Waals surface area contributed by atoms with Gasteiger partial charge in [-0.15, -0.1) is 0 Å². The van der Waals surface area contributed by atoms with Gasteiger partial charge in [-0.3, -0.25) is 4.79 Å². The summed E-state index contributed by atoms with van der Waals surface area (Å²) in [5.41, 5.74) is 4.84. The van der Waals surface area contributed by atoms with Crippen molar-refractivity contribution in [3.8, 4) is 0 Å². The molecule has 1 rings (SSSR count). The van der Waals surface area contributed by atoms with E-state index in [1.807, 2.05) is 0 Å². The van der Waals surface area contributed by atoms with E-state index in [1.54, 1.807) is 0 Å². The highest BCUT2D eigenvalue weighted by Gasteiger charge is 2.45. The summed E-state index contributed by atoms with van der Waals surface area (Å²) < 4.78 is 0. The Morgan fingerprint density at radius 2 is 2.36 bits per heavy atom. The van der Waals surface area contributed by atoms with Gasteiger partial charge in [0.05, 0.1) is 0 Å². The molecule has 0 saturated heterocycles. The highest BCUT2D eigenvalue weighted by molar-refractivity contribution is 6.25. The molecule has 2 atom stereocenters. The van der Waals surface area contributed by atoms with Gasteiger partial charge in [-0.05, 0) is 25.2 Å². The summed E-state index contributed by atoms with van der Waals surface area (Å²) in [6.45, 7) is 0. The summed E-state index contributed by atoms with van der Waals surface area (Å²) in [4.78, 5) is 11.0. The summed E-state index contributed by atoms with van der Waals surface area (Å²) in [7, 11) is 1.12. The molecule has 0 amide bonds. The highest BCUT2D eigenvalue weighted by atomic mass is 16.4. The fraction of sp³-hybridized carbons (Fsp3) is 0.889. The van der Waals surface area contributed by atoms with Gasteiger partial charge in [0, 0.05) is 0 Å². The van der Waals surface area contributed by atoms with Gasteiger partial charge >= 0.3 is 5.97 Å². The normalized spacial score (nSPS) is 31.7. The van der Waals surface area contributed by atoms with E-state index in [1.165, 1.54) is 0 Å². The van der Waals surface area contributed by atoms with E-state index < -0.39 is 11.5 Å². The van der Waals surface area contributed by atoms with Crippen LogP contribution in [0.25, 0.3) is 0 Å². The Morgan fingerprint density at radius 1 is 1.64 bits per heavy atom. The number of carboxylic acids is 1. The lowest BCUT2D eigenvalue weighted by Gasteiger charge is -2.26. The van der Waals surface area contributed by atoms with Crippen molar-refractivity contribution in [2.45, 2.75) is 44.0 Å². The van der Waals surface area contributed by atoms with Gasteiger partial charge in [0.15, 0.2) is 0 Å². The largest absolute Gasteiger partial charge is 0.480 e. The van der Waals surface area contributed by atoms with Gasteiger partial charge < -0.3 is 15.9 Å². The summed E-state index contributed by atoms with van der Waals surface area (Å²) in [6, 6.07) is 0. The summed E-state index contributed by atoms with van der Waals surface area (Å²) in [5.74, 6) is -0.812. The fourth-order valence-electron chi connectivity index (χ4n) is 2.24. The molecule has 0 aromatic rings. The molecule has 0 aromatic carbocycles. The van der Waals surface area contributed by atoms with Crippen LogP contribution in [0.3, 0.4) is 0 Å². The van der Waals surface area contributed by atoms with Gasteiger partial charge in [0.25, 0.3) is 7.48 Å². The van der Waals surface area contributed by atoms with Crippen molar-refractivity contribution < 1.29 is 14.9 Å². The van der Waals surface area contributed by atoms with Crippen LogP contribution in [0.2, 0.25) is 6.32 Å². The first-order valence-corrected chi connectivity index (χ1v) is 5.09. The van der Waals surface area contributed by atoms with Crippen molar-refractivity contribution >= 4 is 13.5 Å². The molecule has 4 nitrogen and oxygen atoms in total. The molecule has 0 aromatic heterocycles. The summed E-state index contributed by atoms with van der Waals surface area (Å²) in [6.07, 6.45) is 4.60. The van der Waals surface area contributed by atoms with Gasteiger partial charge in [0.2, 0.25) is 0 Å². The third-order valence-corrected chi connectivity index (χ3v) is 3.16. The molecule has 5 heteroatoms. The Bertz CT molecular complexity index is 212. The van der Waals surface area contributed by atoms with Gasteiger partial charge in [-0.25, -0.2) is 0 Å². The molecule has 14 heavy (non-hydrogen) atoms. The number of hydrogen-bond acceptors (Lipinski definition) is 3. The molecule has 1 saturated carbocycles. The number of carboxylic acid groups (broad SMARTS) is 1. The second-order valence-electron chi connectivity index (χ2n) is 4.05. The maximum atomic E-state index is 11.0. The lowest BCUT2D eigenvalue weighted by molar-refractivity contribution is -0.144. The summed E-state index contributed by atoms with van der Waals surface area (Å²) in [5, 5.41) is 17.5. The van der Waals surface area contributed by atoms with Crippen molar-refractivity contribution in [1.29, 1.82) is 0 Å². The second-order valence-corrected chi connectivity index (χ2v) is 4.05. The lowest BCUT2D eigenvalue weighted by atomic mass is 9.82. The minimum atomic E-state index is -1.02. The molecule has 1 aliphatic rings. The van der Waals surface area contributed by atoms with Crippen LogP contribution in [-0.2, 0) is 4.79 Å². The van der Waals surface area contributed by atoms with Crippen LogP contribution in [0.4, 0.5) is 0 Å². The smallest absolute Gasteiger partial charge is 0.323 e. The van der Waals surface area contributed by atoms with Gasteiger partial charge in [-0.2, -0.15) is 0 Å². The molecule has 1 fully saturated rings. The molecule has 0 aliphatic heterocycles. The molecule has 1 radical (unpaired) electrons. The molecular weight excluding hydrogens is 181 g/mol. The standard InChI is InChI=1S/C9H17BNO3/c11-9(8(12)13)5-1-3-7(9)4-2-6-10-14/h7,14H,1-6,11H2,(H,12,13)/t7-,9?/m1/s1. The molecule has 1 unspecified atom stereocenters. The van der Waals surface area contributed by atoms with Crippen LogP contribution in [0, 0.1) is 5.92 Å². The van der Waals surface area contributed by atoms with E-state index in [0.717, 1.165) is 33.2 Å². The lowest BCUT2D eigenvalue weighted by Crippen LogP contribution is -2.50. The number of rotatable bonds is 5. The van der Waals surface area contributed by atoms with Crippen LogP contribution in [0.1, 0.15) is 32.1 Å². The minimum Gasteiger partial charge on any atom is -0.480 e. The summed E-state index contributed by atoms with van der Waals surface area (Å²) >= 11 is 0. The van der Waals surface area contributed by atoms with E-state index in [-0.39, 0.29) is 5.92 Å². The quantitative estimate of drug-likeness (QED) is 0.440. The Hall–Kier alpha value is -0.545. The first-order valence-electron chi connectivity index (χ1n) is 5.09. The monoisotopic (exact) mass is 198 g/mol. The molecule has 0 heterocycles. The average molecular weight is 198 g/mol. The second kappa shape index (κ2) is 4.80. The molecular formula is C9H17BNO3. The van der Waals surface area contributed by atoms with Crippen LogP contribution in [0.15, 0.2) is 0 Å². The Morgan fingerprint density at radius 3 is 2.93 bits per heavy atom. The van der Waals surface area contributed by atoms with Crippen molar-refractivity contribution in [2.75, 3.05) is 0 Å². The van der Waals surface area contributed by atoms with Crippen molar-refractivity contribution in [2.24, 2.45) is 11.7 Å². The first-order chi connectivity index (χ1) is 6.61. The Balaban J connectivity index is 2.46. The van der Waals surface area contributed by atoms with Gasteiger partial charge in [-0.1, -0.05) is 19.2 Å². The van der Waals surface area contributed by atoms with E-state index in [4.69, 9.17) is 15.9 Å². The number of aliphatic carboxylic acids is 1. The van der Waals surface area contributed by atoms with Crippen molar-refractivity contribution in [1.82, 2.24) is 0 Å². The topological polar surface area (TPSA) is 83.6 Å². The van der Waals surface area contributed by atoms with E-state index >= 15 is 0 Å². The van der Waals surface area contributed by atoms with E-state index in [2.05, 4.69) is 0 Å². The fourth-order valence-corrected chi connectivity index (χ4v) is 2.24. The number of nitrogens with two attached hydrogens (primary N) is 1. The zero-order valence-electron chi connectivity index (χ0n) is 8.28. The SMILES string of the molecule is NC1(C(=O)O)CCC[C@@H]1CCC[B]O. The van der Waals surface area contributed by atoms with E-state index in [9.17, 15) is 4.79 Å². The zero-order chi connectivity index (χ0) is 10.6. The van der Waals surface area contributed by atoms with Gasteiger partial charge in [0.1, 0.15) is 5.54 Å². The van der Waals surface area contributed by atoms with Crippen LogP contribution in [0.5, 0.6) is 0 Å². The maximum absolute atomic E-state index is 11.0. The van der Waals surface area contributed by atoms with Crippen molar-refractivity contribution in [3.63, 3.8) is 0 Å². The zero-order valence-corrected chi connectivity index (χ0v) is 8.28. The average Bonchev–Trinajstić information content (AvgIpc) is 2.50. The molecule has 79 valence electrons.